The SMILES string of the molecule is Cc1nn(C)c2nc(OCC(=O)c3c(C)n(C)c4ccccc34)cc(-c3ccccc3)c12. The molecule has 0 saturated heterocycles. The lowest BCUT2D eigenvalue weighted by molar-refractivity contribution is 0.0919. The van der Waals surface area contributed by atoms with E-state index < -0.39 is 0 Å². The van der Waals surface area contributed by atoms with E-state index in [1.54, 1.807) is 4.68 Å². The van der Waals surface area contributed by atoms with E-state index in [1.807, 2.05) is 81.0 Å². The van der Waals surface area contributed by atoms with Crippen molar-refractivity contribution in [3.8, 4) is 17.0 Å². The maximum absolute atomic E-state index is 13.2. The van der Waals surface area contributed by atoms with Crippen LogP contribution in [0.25, 0.3) is 33.1 Å². The standard InChI is InChI=1S/C26H24N4O2/c1-16-24-20(18-10-6-5-7-11-18)14-23(27-26(24)30(4)28-16)32-15-22(31)25-17(2)29(3)21-13-9-8-12-19(21)25/h5-14H,15H2,1-4H3. The third kappa shape index (κ3) is 3.15. The van der Waals surface area contributed by atoms with Crippen molar-refractivity contribution in [1.82, 2.24) is 19.3 Å². The van der Waals surface area contributed by atoms with Crippen LogP contribution in [0.2, 0.25) is 0 Å². The molecular weight excluding hydrogens is 400 g/mol. The van der Waals surface area contributed by atoms with E-state index in [0.29, 0.717) is 11.4 Å². The molecule has 0 saturated carbocycles. The van der Waals surface area contributed by atoms with Crippen molar-refractivity contribution in [1.29, 1.82) is 0 Å². The summed E-state index contributed by atoms with van der Waals surface area (Å²) in [5, 5.41) is 6.47. The molecule has 6 heteroatoms. The summed E-state index contributed by atoms with van der Waals surface area (Å²) in [6.07, 6.45) is 0. The zero-order chi connectivity index (χ0) is 22.4. The van der Waals surface area contributed by atoms with Gasteiger partial charge in [-0.05, 0) is 31.0 Å². The van der Waals surface area contributed by atoms with Crippen molar-refractivity contribution >= 4 is 27.7 Å². The van der Waals surface area contributed by atoms with Gasteiger partial charge in [-0.25, -0.2) is 0 Å². The first-order chi connectivity index (χ1) is 15.5. The van der Waals surface area contributed by atoms with Crippen molar-refractivity contribution in [2.45, 2.75) is 13.8 Å². The highest BCUT2D eigenvalue weighted by Gasteiger charge is 2.20. The van der Waals surface area contributed by atoms with Gasteiger partial charge in [0.1, 0.15) is 0 Å². The number of aryl methyl sites for hydroxylation is 3. The van der Waals surface area contributed by atoms with E-state index in [4.69, 9.17) is 4.74 Å². The number of Topliss-reactive ketones (excluding diaryl/α,β-unsaturated/α-hetero) is 1. The van der Waals surface area contributed by atoms with Crippen LogP contribution in [0.15, 0.2) is 60.7 Å². The summed E-state index contributed by atoms with van der Waals surface area (Å²) in [6, 6.07) is 19.9. The Bertz CT molecular complexity index is 1480. The number of aromatic nitrogens is 4. The number of carbonyl (C=O) groups is 1. The summed E-state index contributed by atoms with van der Waals surface area (Å²) >= 11 is 0. The van der Waals surface area contributed by atoms with E-state index in [9.17, 15) is 4.79 Å². The first-order valence-corrected chi connectivity index (χ1v) is 10.6. The quantitative estimate of drug-likeness (QED) is 0.372. The highest BCUT2D eigenvalue weighted by atomic mass is 16.5. The molecule has 0 aliphatic rings. The van der Waals surface area contributed by atoms with Crippen LogP contribution < -0.4 is 4.74 Å². The number of hydrogen-bond acceptors (Lipinski definition) is 4. The van der Waals surface area contributed by atoms with Gasteiger partial charge in [0.05, 0.1) is 11.1 Å². The molecule has 0 amide bonds. The van der Waals surface area contributed by atoms with E-state index in [2.05, 4.69) is 22.2 Å². The van der Waals surface area contributed by atoms with E-state index in [0.717, 1.165) is 44.5 Å². The molecule has 3 aromatic heterocycles. The lowest BCUT2D eigenvalue weighted by Gasteiger charge is -2.10. The van der Waals surface area contributed by atoms with Gasteiger partial charge in [-0.1, -0.05) is 48.5 Å². The molecule has 0 atom stereocenters. The second kappa shape index (κ2) is 7.64. The number of pyridine rings is 1. The molecule has 2 aromatic carbocycles. The van der Waals surface area contributed by atoms with Crippen LogP contribution in [0, 0.1) is 13.8 Å². The van der Waals surface area contributed by atoms with Gasteiger partial charge in [-0.15, -0.1) is 0 Å². The van der Waals surface area contributed by atoms with Crippen molar-refractivity contribution in [3.05, 3.63) is 77.6 Å². The number of ether oxygens (including phenoxy) is 1. The predicted molar refractivity (Wildman–Crippen MR) is 126 cm³/mol. The predicted octanol–water partition coefficient (Wildman–Crippen LogP) is 5.01. The second-order valence-corrected chi connectivity index (χ2v) is 8.03. The number of nitrogens with zero attached hydrogens (tertiary/aromatic N) is 4. The molecule has 160 valence electrons. The zero-order valence-corrected chi connectivity index (χ0v) is 18.6. The summed E-state index contributed by atoms with van der Waals surface area (Å²) in [4.78, 5) is 17.8. The highest BCUT2D eigenvalue weighted by Crippen LogP contribution is 2.33. The fraction of sp³-hybridized carbons (Fsp3) is 0.192. The number of para-hydroxylation sites is 1. The summed E-state index contributed by atoms with van der Waals surface area (Å²) in [7, 11) is 3.84. The molecule has 0 spiro atoms. The molecular formula is C26H24N4O2. The zero-order valence-electron chi connectivity index (χ0n) is 18.6. The number of fused-ring (bicyclic) bond motifs is 2. The van der Waals surface area contributed by atoms with Gasteiger partial charge in [0.2, 0.25) is 11.7 Å². The van der Waals surface area contributed by atoms with Crippen LogP contribution in [0.4, 0.5) is 0 Å². The minimum absolute atomic E-state index is 0.0661. The smallest absolute Gasteiger partial charge is 0.216 e. The summed E-state index contributed by atoms with van der Waals surface area (Å²) in [6.45, 7) is 3.85. The first-order valence-electron chi connectivity index (χ1n) is 10.6. The van der Waals surface area contributed by atoms with Crippen LogP contribution in [0.1, 0.15) is 21.7 Å². The third-order valence-corrected chi connectivity index (χ3v) is 6.06. The van der Waals surface area contributed by atoms with Gasteiger partial charge in [-0.2, -0.15) is 10.1 Å². The summed E-state index contributed by atoms with van der Waals surface area (Å²) in [5.41, 5.74) is 6.33. The molecule has 0 radical (unpaired) electrons. The van der Waals surface area contributed by atoms with Crippen molar-refractivity contribution in [3.63, 3.8) is 0 Å². The molecule has 0 fully saturated rings. The Morgan fingerprint density at radius 3 is 2.50 bits per heavy atom. The Balaban J connectivity index is 1.53. The Morgan fingerprint density at radius 1 is 1.00 bits per heavy atom. The summed E-state index contributed by atoms with van der Waals surface area (Å²) < 4.78 is 9.75. The largest absolute Gasteiger partial charge is 0.469 e. The number of rotatable bonds is 5. The molecule has 0 bridgehead atoms. The maximum atomic E-state index is 13.2. The number of benzene rings is 2. The highest BCUT2D eigenvalue weighted by molar-refractivity contribution is 6.10. The van der Waals surface area contributed by atoms with Gasteiger partial charge < -0.3 is 9.30 Å². The number of carbonyl (C=O) groups excluding carboxylic acids is 1. The van der Waals surface area contributed by atoms with Gasteiger partial charge in [-0.3, -0.25) is 9.48 Å². The maximum Gasteiger partial charge on any atom is 0.216 e. The van der Waals surface area contributed by atoms with E-state index in [1.165, 1.54) is 0 Å². The molecule has 32 heavy (non-hydrogen) atoms. The lowest BCUT2D eigenvalue weighted by atomic mass is 10.0. The van der Waals surface area contributed by atoms with Crippen LogP contribution in [0.5, 0.6) is 5.88 Å². The van der Waals surface area contributed by atoms with Gasteiger partial charge in [0, 0.05) is 42.3 Å². The topological polar surface area (TPSA) is 61.9 Å². The van der Waals surface area contributed by atoms with Crippen LogP contribution in [-0.2, 0) is 14.1 Å². The Kier molecular flexibility index (Phi) is 4.78. The Morgan fingerprint density at radius 2 is 1.72 bits per heavy atom. The fourth-order valence-corrected chi connectivity index (χ4v) is 4.43. The molecule has 0 N–H and O–H groups in total. The second-order valence-electron chi connectivity index (χ2n) is 8.03. The normalized spacial score (nSPS) is 11.4. The molecule has 5 rings (SSSR count). The third-order valence-electron chi connectivity index (χ3n) is 6.06. The van der Waals surface area contributed by atoms with Crippen molar-refractivity contribution < 1.29 is 9.53 Å². The van der Waals surface area contributed by atoms with Crippen LogP contribution in [-0.4, -0.2) is 31.7 Å². The number of ketones is 1. The van der Waals surface area contributed by atoms with E-state index >= 15 is 0 Å². The van der Waals surface area contributed by atoms with Crippen LogP contribution >= 0.6 is 0 Å². The molecule has 0 unspecified atom stereocenters. The average Bonchev–Trinajstić information content (AvgIpc) is 3.24. The van der Waals surface area contributed by atoms with Gasteiger partial charge >= 0.3 is 0 Å². The summed E-state index contributed by atoms with van der Waals surface area (Å²) in [5.74, 6) is 0.342. The monoisotopic (exact) mass is 424 g/mol. The van der Waals surface area contributed by atoms with Crippen molar-refractivity contribution in [2.75, 3.05) is 6.61 Å². The molecule has 5 aromatic rings. The minimum atomic E-state index is -0.0849. The Hall–Kier alpha value is -3.93. The van der Waals surface area contributed by atoms with Gasteiger partial charge in [0.25, 0.3) is 0 Å². The molecule has 3 heterocycles. The minimum Gasteiger partial charge on any atom is -0.469 e. The number of hydrogen-bond donors (Lipinski definition) is 0. The van der Waals surface area contributed by atoms with Gasteiger partial charge in [0.15, 0.2) is 12.3 Å². The first kappa shape index (κ1) is 20.0. The van der Waals surface area contributed by atoms with E-state index in [-0.39, 0.29) is 12.4 Å². The van der Waals surface area contributed by atoms with Crippen LogP contribution in [0.3, 0.4) is 0 Å². The van der Waals surface area contributed by atoms with Crippen molar-refractivity contribution in [2.24, 2.45) is 14.1 Å². The Labute approximate surface area is 186 Å². The fourth-order valence-electron chi connectivity index (χ4n) is 4.43. The average molecular weight is 425 g/mol. The molecule has 0 aliphatic carbocycles. The lowest BCUT2D eigenvalue weighted by Crippen LogP contribution is -2.13. The molecule has 6 nitrogen and oxygen atoms in total. The molecule has 0 aliphatic heterocycles.